The second-order valence-electron chi connectivity index (χ2n) is 7.27. The van der Waals surface area contributed by atoms with E-state index in [4.69, 9.17) is 9.47 Å². The number of fused-ring (bicyclic) bond motifs is 1. The summed E-state index contributed by atoms with van der Waals surface area (Å²) in [4.78, 5) is 2.05. The Balaban J connectivity index is 1.31. The predicted octanol–water partition coefficient (Wildman–Crippen LogP) is 3.93. The Kier molecular flexibility index (Phi) is 6.04. The largest absolute Gasteiger partial charge is 0.491 e. The molecule has 6 heteroatoms. The molecule has 0 spiro atoms. The molecule has 2 atom stereocenters. The number of rotatable bonds is 6. The van der Waals surface area contributed by atoms with Crippen LogP contribution in [0.1, 0.15) is 11.7 Å². The van der Waals surface area contributed by atoms with Crippen LogP contribution in [0.4, 0.5) is 8.78 Å². The number of hydrogen-bond donors (Lipinski definition) is 1. The van der Waals surface area contributed by atoms with Crippen molar-refractivity contribution in [3.8, 4) is 5.75 Å². The Bertz CT molecular complexity index is 981. The topological polar surface area (TPSA) is 41.9 Å². The van der Waals surface area contributed by atoms with Crippen LogP contribution >= 0.6 is 0 Å². The normalized spacial score (nSPS) is 18.7. The monoisotopic (exact) mass is 399 g/mol. The van der Waals surface area contributed by atoms with E-state index in [0.29, 0.717) is 37.6 Å². The average molecular weight is 399 g/mol. The van der Waals surface area contributed by atoms with E-state index in [9.17, 15) is 13.9 Å². The van der Waals surface area contributed by atoms with Gasteiger partial charge in [0.15, 0.2) is 11.6 Å². The number of halogens is 2. The van der Waals surface area contributed by atoms with Crippen molar-refractivity contribution in [2.24, 2.45) is 0 Å². The van der Waals surface area contributed by atoms with E-state index in [1.54, 1.807) is 0 Å². The molecule has 2 unspecified atom stereocenters. The number of benzene rings is 3. The van der Waals surface area contributed by atoms with Crippen LogP contribution in [-0.2, 0) is 4.74 Å². The molecule has 4 nitrogen and oxygen atoms in total. The summed E-state index contributed by atoms with van der Waals surface area (Å²) in [6.45, 7) is 2.20. The molecule has 3 aromatic rings. The second kappa shape index (κ2) is 8.86. The van der Waals surface area contributed by atoms with Crippen LogP contribution in [0.15, 0.2) is 60.7 Å². The van der Waals surface area contributed by atoms with E-state index in [0.717, 1.165) is 16.8 Å². The van der Waals surface area contributed by atoms with Gasteiger partial charge in [-0.2, -0.15) is 0 Å². The number of morpholine rings is 1. The highest BCUT2D eigenvalue weighted by atomic mass is 19.2. The Morgan fingerprint density at radius 2 is 1.86 bits per heavy atom. The molecule has 4 rings (SSSR count). The zero-order valence-electron chi connectivity index (χ0n) is 15.9. The van der Waals surface area contributed by atoms with Crippen LogP contribution < -0.4 is 4.74 Å². The molecule has 1 fully saturated rings. The first-order valence-corrected chi connectivity index (χ1v) is 9.67. The molecule has 1 heterocycles. The highest BCUT2D eigenvalue weighted by molar-refractivity contribution is 5.83. The third kappa shape index (κ3) is 4.90. The van der Waals surface area contributed by atoms with Gasteiger partial charge in [-0.25, -0.2) is 8.78 Å². The molecule has 0 amide bonds. The van der Waals surface area contributed by atoms with Gasteiger partial charge < -0.3 is 14.6 Å². The molecule has 1 aliphatic rings. The summed E-state index contributed by atoms with van der Waals surface area (Å²) in [5, 5.41) is 12.6. The molecule has 1 aliphatic heterocycles. The number of aliphatic hydroxyl groups excluding tert-OH is 1. The van der Waals surface area contributed by atoms with Crippen LogP contribution in [0.5, 0.6) is 5.75 Å². The number of β-amino-alcohol motifs (C(OH)–C–C–N with tert-alkyl or cyclic N) is 1. The number of ether oxygens (including phenoxy) is 2. The van der Waals surface area contributed by atoms with Gasteiger partial charge in [0.05, 0.1) is 12.7 Å². The summed E-state index contributed by atoms with van der Waals surface area (Å²) in [6, 6.07) is 17.7. The lowest BCUT2D eigenvalue weighted by Crippen LogP contribution is -2.43. The standard InChI is InChI=1S/C23H23F2NO3/c24-21-8-6-18(12-22(21)25)23-14-26(9-10-28-23)13-19(27)15-29-20-7-5-16-3-1-2-4-17(16)11-20/h1-8,11-12,19,23,27H,9-10,13-15H2. The minimum Gasteiger partial charge on any atom is -0.491 e. The maximum atomic E-state index is 13.5. The average Bonchev–Trinajstić information content (AvgIpc) is 2.74. The summed E-state index contributed by atoms with van der Waals surface area (Å²) in [5.74, 6) is -1.04. The molecule has 3 aromatic carbocycles. The number of aliphatic hydroxyl groups is 1. The van der Waals surface area contributed by atoms with Crippen molar-refractivity contribution in [2.75, 3.05) is 32.8 Å². The Morgan fingerprint density at radius 3 is 2.69 bits per heavy atom. The van der Waals surface area contributed by atoms with E-state index < -0.39 is 17.7 Å². The van der Waals surface area contributed by atoms with Crippen molar-refractivity contribution in [1.29, 1.82) is 0 Å². The van der Waals surface area contributed by atoms with Crippen LogP contribution in [0.2, 0.25) is 0 Å². The third-order valence-corrected chi connectivity index (χ3v) is 5.10. The molecule has 29 heavy (non-hydrogen) atoms. The van der Waals surface area contributed by atoms with Crippen LogP contribution in [-0.4, -0.2) is 49.0 Å². The van der Waals surface area contributed by atoms with Gasteiger partial charge in [-0.15, -0.1) is 0 Å². The molecule has 0 aromatic heterocycles. The van der Waals surface area contributed by atoms with E-state index in [1.165, 1.54) is 12.1 Å². The van der Waals surface area contributed by atoms with Gasteiger partial charge in [0.25, 0.3) is 0 Å². The van der Waals surface area contributed by atoms with Crippen LogP contribution in [0, 0.1) is 11.6 Å². The summed E-state index contributed by atoms with van der Waals surface area (Å²) < 4.78 is 38.1. The molecule has 1 saturated heterocycles. The minimum absolute atomic E-state index is 0.172. The molecule has 0 bridgehead atoms. The van der Waals surface area contributed by atoms with Crippen molar-refractivity contribution >= 4 is 10.8 Å². The Hall–Kier alpha value is -2.54. The quantitative estimate of drug-likeness (QED) is 0.682. The first-order chi connectivity index (χ1) is 14.1. The predicted molar refractivity (Wildman–Crippen MR) is 107 cm³/mol. The maximum absolute atomic E-state index is 13.5. The van der Waals surface area contributed by atoms with Crippen molar-refractivity contribution in [1.82, 2.24) is 4.90 Å². The SMILES string of the molecule is OC(COc1ccc2ccccc2c1)CN1CCOC(c2ccc(F)c(F)c2)C1. The molecule has 0 radical (unpaired) electrons. The molecular formula is C23H23F2NO3. The molecular weight excluding hydrogens is 376 g/mol. The molecule has 1 N–H and O–H groups in total. The van der Waals surface area contributed by atoms with Crippen molar-refractivity contribution in [3.63, 3.8) is 0 Å². The first-order valence-electron chi connectivity index (χ1n) is 9.67. The van der Waals surface area contributed by atoms with E-state index in [2.05, 4.69) is 0 Å². The second-order valence-corrected chi connectivity index (χ2v) is 7.27. The number of hydrogen-bond acceptors (Lipinski definition) is 4. The summed E-state index contributed by atoms with van der Waals surface area (Å²) >= 11 is 0. The van der Waals surface area contributed by atoms with Gasteiger partial charge in [0, 0.05) is 19.6 Å². The third-order valence-electron chi connectivity index (χ3n) is 5.10. The van der Waals surface area contributed by atoms with Crippen LogP contribution in [0.3, 0.4) is 0 Å². The van der Waals surface area contributed by atoms with Gasteiger partial charge >= 0.3 is 0 Å². The summed E-state index contributed by atoms with van der Waals surface area (Å²) in [7, 11) is 0. The highest BCUT2D eigenvalue weighted by Gasteiger charge is 2.24. The van der Waals surface area contributed by atoms with Crippen molar-refractivity contribution in [3.05, 3.63) is 77.9 Å². The zero-order valence-corrected chi connectivity index (χ0v) is 15.9. The molecule has 152 valence electrons. The highest BCUT2D eigenvalue weighted by Crippen LogP contribution is 2.24. The van der Waals surface area contributed by atoms with E-state index >= 15 is 0 Å². The van der Waals surface area contributed by atoms with Gasteiger partial charge in [-0.05, 0) is 40.6 Å². The minimum atomic E-state index is -0.882. The lowest BCUT2D eigenvalue weighted by Gasteiger charge is -2.34. The smallest absolute Gasteiger partial charge is 0.159 e. The fourth-order valence-corrected chi connectivity index (χ4v) is 3.58. The van der Waals surface area contributed by atoms with Crippen LogP contribution in [0.25, 0.3) is 10.8 Å². The number of nitrogens with zero attached hydrogens (tertiary/aromatic N) is 1. The van der Waals surface area contributed by atoms with Gasteiger partial charge in [-0.1, -0.05) is 36.4 Å². The summed E-state index contributed by atoms with van der Waals surface area (Å²) in [5.41, 5.74) is 0.593. The lowest BCUT2D eigenvalue weighted by atomic mass is 10.1. The summed E-state index contributed by atoms with van der Waals surface area (Å²) in [6.07, 6.45) is -1.03. The van der Waals surface area contributed by atoms with Gasteiger partial charge in [0.2, 0.25) is 0 Å². The Morgan fingerprint density at radius 1 is 1.03 bits per heavy atom. The first kappa shape index (κ1) is 19.8. The fraction of sp³-hybridized carbons (Fsp3) is 0.304. The van der Waals surface area contributed by atoms with E-state index in [-0.39, 0.29) is 12.7 Å². The zero-order chi connectivity index (χ0) is 20.2. The molecule has 0 saturated carbocycles. The maximum Gasteiger partial charge on any atom is 0.159 e. The van der Waals surface area contributed by atoms with Gasteiger partial charge in [-0.3, -0.25) is 4.90 Å². The van der Waals surface area contributed by atoms with Crippen molar-refractivity contribution in [2.45, 2.75) is 12.2 Å². The molecule has 0 aliphatic carbocycles. The van der Waals surface area contributed by atoms with Gasteiger partial charge in [0.1, 0.15) is 18.5 Å². The Labute approximate surface area is 168 Å². The fourth-order valence-electron chi connectivity index (χ4n) is 3.58. The lowest BCUT2D eigenvalue weighted by molar-refractivity contribution is -0.0460. The van der Waals surface area contributed by atoms with Crippen molar-refractivity contribution < 1.29 is 23.4 Å². The van der Waals surface area contributed by atoms with E-state index in [1.807, 2.05) is 47.4 Å².